The normalized spacial score (nSPS) is 31.6. The lowest BCUT2D eigenvalue weighted by atomic mass is 9.71. The number of aromatic nitrogens is 2. The van der Waals surface area contributed by atoms with Crippen molar-refractivity contribution in [2.75, 3.05) is 23.7 Å². The van der Waals surface area contributed by atoms with Gasteiger partial charge in [0.25, 0.3) is 0 Å². The lowest BCUT2D eigenvalue weighted by Gasteiger charge is -2.37. The first-order chi connectivity index (χ1) is 11.3. The molecule has 1 aromatic rings. The van der Waals surface area contributed by atoms with Gasteiger partial charge >= 0.3 is 0 Å². The van der Waals surface area contributed by atoms with Crippen LogP contribution < -0.4 is 16.0 Å². The zero-order chi connectivity index (χ0) is 15.4. The van der Waals surface area contributed by atoms with Crippen molar-refractivity contribution in [3.8, 4) is 0 Å². The number of nitrogens with two attached hydrogens (primary N) is 1. The topological polar surface area (TPSA) is 67.1 Å². The highest BCUT2D eigenvalue weighted by Gasteiger charge is 2.44. The third kappa shape index (κ3) is 2.02. The third-order valence-electron chi connectivity index (χ3n) is 6.81. The molecule has 2 aliphatic carbocycles. The number of nitrogens with zero attached hydrogens (tertiary/aromatic N) is 3. The van der Waals surface area contributed by atoms with Gasteiger partial charge in [0.15, 0.2) is 0 Å². The maximum absolute atomic E-state index is 6.17. The molecule has 2 saturated heterocycles. The van der Waals surface area contributed by atoms with Crippen molar-refractivity contribution in [2.24, 2.45) is 0 Å². The van der Waals surface area contributed by atoms with Crippen LogP contribution in [0.4, 0.5) is 11.8 Å². The number of hydrogen-bond donors (Lipinski definition) is 2. The molecular formula is C18H27N5. The molecule has 23 heavy (non-hydrogen) atoms. The summed E-state index contributed by atoms with van der Waals surface area (Å²) in [5, 5.41) is 3.65. The first kappa shape index (κ1) is 14.0. The summed E-state index contributed by atoms with van der Waals surface area (Å²) in [5.74, 6) is 1.66. The van der Waals surface area contributed by atoms with Gasteiger partial charge in [-0.25, -0.2) is 4.98 Å². The quantitative estimate of drug-likeness (QED) is 0.831. The van der Waals surface area contributed by atoms with E-state index in [0.717, 1.165) is 19.5 Å². The molecule has 5 nitrogen and oxygen atoms in total. The van der Waals surface area contributed by atoms with Gasteiger partial charge in [0, 0.05) is 29.6 Å². The zero-order valence-electron chi connectivity index (χ0n) is 13.9. The van der Waals surface area contributed by atoms with Crippen LogP contribution in [0.15, 0.2) is 0 Å². The van der Waals surface area contributed by atoms with Crippen LogP contribution in [0.1, 0.15) is 62.6 Å². The van der Waals surface area contributed by atoms with Crippen LogP contribution in [-0.2, 0) is 11.8 Å². The van der Waals surface area contributed by atoms with Crippen molar-refractivity contribution >= 4 is 11.8 Å². The Morgan fingerprint density at radius 3 is 2.78 bits per heavy atom. The third-order valence-corrected chi connectivity index (χ3v) is 6.81. The van der Waals surface area contributed by atoms with E-state index in [0.29, 0.717) is 23.4 Å². The predicted molar refractivity (Wildman–Crippen MR) is 91.7 cm³/mol. The Labute approximate surface area is 138 Å². The largest absolute Gasteiger partial charge is 0.368 e. The van der Waals surface area contributed by atoms with Crippen LogP contribution in [-0.4, -0.2) is 35.1 Å². The smallest absolute Gasteiger partial charge is 0.222 e. The van der Waals surface area contributed by atoms with Crippen LogP contribution >= 0.6 is 0 Å². The van der Waals surface area contributed by atoms with Crippen molar-refractivity contribution in [1.82, 2.24) is 15.3 Å². The molecule has 0 radical (unpaired) electrons. The summed E-state index contributed by atoms with van der Waals surface area (Å²) in [7, 11) is 0. The highest BCUT2D eigenvalue weighted by atomic mass is 15.3. The molecule has 5 heteroatoms. The van der Waals surface area contributed by atoms with Gasteiger partial charge in [0.2, 0.25) is 5.95 Å². The van der Waals surface area contributed by atoms with Gasteiger partial charge in [0.05, 0.1) is 5.69 Å². The van der Waals surface area contributed by atoms with Gasteiger partial charge in [-0.3, -0.25) is 0 Å². The Hall–Kier alpha value is -1.36. The van der Waals surface area contributed by atoms with E-state index in [9.17, 15) is 0 Å². The molecule has 1 aromatic heterocycles. The summed E-state index contributed by atoms with van der Waals surface area (Å²) in [5.41, 5.74) is 9.23. The molecule has 2 aliphatic heterocycles. The Morgan fingerprint density at radius 1 is 1.09 bits per heavy atom. The zero-order valence-corrected chi connectivity index (χ0v) is 13.9. The minimum absolute atomic E-state index is 0.312. The molecule has 0 amide bonds. The van der Waals surface area contributed by atoms with Crippen molar-refractivity contribution < 1.29 is 0 Å². The fourth-order valence-electron chi connectivity index (χ4n) is 5.78. The van der Waals surface area contributed by atoms with Gasteiger partial charge in [0.1, 0.15) is 5.82 Å². The molecule has 4 aliphatic rings. The fourth-order valence-corrected chi connectivity index (χ4v) is 5.78. The Bertz CT molecular complexity index is 622. The van der Waals surface area contributed by atoms with Gasteiger partial charge in [-0.05, 0) is 51.5 Å². The van der Waals surface area contributed by atoms with Crippen LogP contribution in [0, 0.1) is 0 Å². The van der Waals surface area contributed by atoms with Crippen molar-refractivity contribution in [3.05, 3.63) is 11.3 Å². The number of anilines is 2. The molecule has 2 atom stereocenters. The van der Waals surface area contributed by atoms with Crippen molar-refractivity contribution in [3.63, 3.8) is 0 Å². The van der Waals surface area contributed by atoms with Crippen molar-refractivity contribution in [2.45, 2.75) is 75.3 Å². The minimum atomic E-state index is 0.312. The minimum Gasteiger partial charge on any atom is -0.368 e. The summed E-state index contributed by atoms with van der Waals surface area (Å²) in [4.78, 5) is 12.1. The van der Waals surface area contributed by atoms with E-state index in [4.69, 9.17) is 15.7 Å². The molecule has 1 spiro atoms. The Morgan fingerprint density at radius 2 is 1.91 bits per heavy atom. The molecule has 0 aromatic carbocycles. The highest BCUT2D eigenvalue weighted by molar-refractivity contribution is 5.57. The standard InChI is InChI=1S/C18H27N5/c19-17-21-15-12(4-3-9-18(15)7-1-2-8-18)16(22-17)23-11-6-13-14(23)5-10-20-13/h13-14,20H,1-11H2,(H2,19,21,22). The molecule has 3 heterocycles. The summed E-state index contributed by atoms with van der Waals surface area (Å²) < 4.78 is 0. The number of hydrogen-bond acceptors (Lipinski definition) is 5. The molecule has 1 saturated carbocycles. The maximum Gasteiger partial charge on any atom is 0.222 e. The fraction of sp³-hybridized carbons (Fsp3) is 0.778. The summed E-state index contributed by atoms with van der Waals surface area (Å²) in [6, 6.07) is 1.25. The average Bonchev–Trinajstić information content (AvgIpc) is 3.24. The lowest BCUT2D eigenvalue weighted by molar-refractivity contribution is 0.357. The van der Waals surface area contributed by atoms with E-state index >= 15 is 0 Å². The van der Waals surface area contributed by atoms with Gasteiger partial charge in [-0.15, -0.1) is 0 Å². The van der Waals surface area contributed by atoms with E-state index in [2.05, 4.69) is 10.2 Å². The summed E-state index contributed by atoms with van der Waals surface area (Å²) >= 11 is 0. The number of fused-ring (bicyclic) bond motifs is 3. The van der Waals surface area contributed by atoms with E-state index < -0.39 is 0 Å². The highest BCUT2D eigenvalue weighted by Crippen LogP contribution is 2.50. The molecule has 5 rings (SSSR count). The molecule has 3 fully saturated rings. The second-order valence-electron chi connectivity index (χ2n) is 7.97. The van der Waals surface area contributed by atoms with Crippen LogP contribution in [0.3, 0.4) is 0 Å². The maximum atomic E-state index is 6.17. The van der Waals surface area contributed by atoms with E-state index in [1.165, 1.54) is 68.4 Å². The predicted octanol–water partition coefficient (Wildman–Crippen LogP) is 2.15. The Balaban J connectivity index is 1.61. The van der Waals surface area contributed by atoms with Crippen LogP contribution in [0.25, 0.3) is 0 Å². The molecule has 2 unspecified atom stereocenters. The lowest BCUT2D eigenvalue weighted by Crippen LogP contribution is -2.37. The van der Waals surface area contributed by atoms with E-state index in [-0.39, 0.29) is 0 Å². The van der Waals surface area contributed by atoms with Gasteiger partial charge in [-0.1, -0.05) is 12.8 Å². The Kier molecular flexibility index (Phi) is 3.09. The number of rotatable bonds is 1. The number of nitrogen functional groups attached to an aromatic ring is 1. The number of nitrogens with one attached hydrogen (secondary N) is 1. The average molecular weight is 313 g/mol. The summed E-state index contributed by atoms with van der Waals surface area (Å²) in [6.45, 7) is 2.25. The SMILES string of the molecule is Nc1nc(N2CCC3NCCC32)c2c(n1)C1(CCCC1)CCC2. The van der Waals surface area contributed by atoms with Gasteiger partial charge in [-0.2, -0.15) is 4.98 Å². The van der Waals surface area contributed by atoms with E-state index in [1.807, 2.05) is 0 Å². The second-order valence-corrected chi connectivity index (χ2v) is 7.97. The first-order valence-corrected chi connectivity index (χ1v) is 9.44. The molecular weight excluding hydrogens is 286 g/mol. The van der Waals surface area contributed by atoms with Crippen molar-refractivity contribution in [1.29, 1.82) is 0 Å². The second kappa shape index (κ2) is 5.07. The van der Waals surface area contributed by atoms with E-state index in [1.54, 1.807) is 0 Å². The summed E-state index contributed by atoms with van der Waals surface area (Å²) in [6.07, 6.45) is 11.5. The molecule has 3 N–H and O–H groups in total. The van der Waals surface area contributed by atoms with Crippen LogP contribution in [0.5, 0.6) is 0 Å². The monoisotopic (exact) mass is 313 g/mol. The van der Waals surface area contributed by atoms with Gasteiger partial charge < -0.3 is 16.0 Å². The van der Waals surface area contributed by atoms with Crippen LogP contribution in [0.2, 0.25) is 0 Å². The first-order valence-electron chi connectivity index (χ1n) is 9.44. The molecule has 124 valence electrons. The molecule has 0 bridgehead atoms.